The molecular formula is C19H19ClN4O3S2. The van der Waals surface area contributed by atoms with Crippen molar-refractivity contribution in [3.05, 3.63) is 69.1 Å². The van der Waals surface area contributed by atoms with Gasteiger partial charge in [-0.15, -0.1) is 10.2 Å². The minimum Gasteiger partial charge on any atom is -0.320 e. The Kier molecular flexibility index (Phi) is 6.96. The van der Waals surface area contributed by atoms with E-state index in [1.807, 2.05) is 0 Å². The maximum atomic E-state index is 12.4. The van der Waals surface area contributed by atoms with Crippen molar-refractivity contribution in [2.75, 3.05) is 5.32 Å². The van der Waals surface area contributed by atoms with E-state index in [-0.39, 0.29) is 16.4 Å². The number of amides is 1. The Labute approximate surface area is 178 Å². The molecule has 10 heteroatoms. The number of aromatic nitrogens is 2. The van der Waals surface area contributed by atoms with Crippen LogP contribution in [0.5, 0.6) is 0 Å². The van der Waals surface area contributed by atoms with Gasteiger partial charge in [-0.05, 0) is 42.3 Å². The molecule has 0 unspecified atom stereocenters. The molecule has 0 saturated carbocycles. The number of aryl methyl sites for hydroxylation is 1. The van der Waals surface area contributed by atoms with E-state index < -0.39 is 15.9 Å². The molecule has 3 rings (SSSR count). The first-order valence-electron chi connectivity index (χ1n) is 8.85. The van der Waals surface area contributed by atoms with E-state index in [1.54, 1.807) is 48.5 Å². The monoisotopic (exact) mass is 450 g/mol. The van der Waals surface area contributed by atoms with Crippen molar-refractivity contribution in [2.45, 2.75) is 31.2 Å². The maximum absolute atomic E-state index is 12.4. The molecule has 2 aromatic carbocycles. The zero-order valence-corrected chi connectivity index (χ0v) is 17.9. The van der Waals surface area contributed by atoms with E-state index in [0.29, 0.717) is 15.7 Å². The smallest absolute Gasteiger partial charge is 0.286 e. The maximum Gasteiger partial charge on any atom is 0.286 e. The largest absolute Gasteiger partial charge is 0.320 e. The SMILES string of the molecule is CCCc1ccc(S(=O)(=O)NCc2nnc(C(=O)Nc3cccc(Cl)c3)s2)cc1. The fourth-order valence-corrected chi connectivity index (χ4v) is 4.48. The van der Waals surface area contributed by atoms with Crippen molar-refractivity contribution in [3.63, 3.8) is 0 Å². The van der Waals surface area contributed by atoms with Crippen LogP contribution < -0.4 is 10.0 Å². The molecule has 0 aliphatic heterocycles. The highest BCUT2D eigenvalue weighted by atomic mass is 35.5. The summed E-state index contributed by atoms with van der Waals surface area (Å²) in [5.74, 6) is -0.439. The van der Waals surface area contributed by atoms with Crippen molar-refractivity contribution >= 4 is 44.6 Å². The molecule has 152 valence electrons. The lowest BCUT2D eigenvalue weighted by Gasteiger charge is -2.06. The van der Waals surface area contributed by atoms with Crippen LogP contribution in [0.15, 0.2) is 53.4 Å². The number of carbonyl (C=O) groups excluding carboxylic acids is 1. The summed E-state index contributed by atoms with van der Waals surface area (Å²) >= 11 is 6.91. The molecule has 1 aromatic heterocycles. The molecular weight excluding hydrogens is 432 g/mol. The van der Waals surface area contributed by atoms with E-state index in [1.165, 1.54) is 0 Å². The first-order valence-corrected chi connectivity index (χ1v) is 11.5. The fourth-order valence-electron chi connectivity index (χ4n) is 2.53. The summed E-state index contributed by atoms with van der Waals surface area (Å²) in [6.45, 7) is 2.01. The molecule has 0 radical (unpaired) electrons. The zero-order chi connectivity index (χ0) is 20.9. The van der Waals surface area contributed by atoms with E-state index in [9.17, 15) is 13.2 Å². The summed E-state index contributed by atoms with van der Waals surface area (Å²) in [4.78, 5) is 12.4. The highest BCUT2D eigenvalue weighted by molar-refractivity contribution is 7.89. The van der Waals surface area contributed by atoms with E-state index in [0.717, 1.165) is 29.7 Å². The quantitative estimate of drug-likeness (QED) is 0.542. The van der Waals surface area contributed by atoms with Gasteiger partial charge in [0.2, 0.25) is 15.0 Å². The minimum absolute atomic E-state index is 0.0544. The first kappa shape index (κ1) is 21.4. The standard InChI is InChI=1S/C19H19ClN4O3S2/c1-2-4-13-7-9-16(10-8-13)29(26,27)21-12-17-23-24-19(28-17)18(25)22-15-6-3-5-14(20)11-15/h3,5-11,21H,2,4,12H2,1H3,(H,22,25). The normalized spacial score (nSPS) is 11.4. The predicted molar refractivity (Wildman–Crippen MR) is 114 cm³/mol. The second-order valence-corrected chi connectivity index (χ2v) is 9.45. The van der Waals surface area contributed by atoms with Gasteiger partial charge in [0.05, 0.1) is 11.4 Å². The number of nitrogens with one attached hydrogen (secondary N) is 2. The third-order valence-corrected chi connectivity index (χ3v) is 6.50. The number of nitrogens with zero attached hydrogens (tertiary/aromatic N) is 2. The molecule has 2 N–H and O–H groups in total. The van der Waals surface area contributed by atoms with Gasteiger partial charge in [0.1, 0.15) is 5.01 Å². The average molecular weight is 451 g/mol. The molecule has 0 atom stereocenters. The minimum atomic E-state index is -3.68. The molecule has 0 aliphatic carbocycles. The van der Waals surface area contributed by atoms with E-state index >= 15 is 0 Å². The number of sulfonamides is 1. The Morgan fingerprint density at radius 3 is 2.59 bits per heavy atom. The molecule has 3 aromatic rings. The molecule has 1 heterocycles. The number of hydrogen-bond acceptors (Lipinski definition) is 6. The second-order valence-electron chi connectivity index (χ2n) is 6.18. The van der Waals surface area contributed by atoms with Crippen molar-refractivity contribution < 1.29 is 13.2 Å². The first-order chi connectivity index (χ1) is 13.9. The Balaban J connectivity index is 1.61. The third-order valence-electron chi connectivity index (χ3n) is 3.93. The lowest BCUT2D eigenvalue weighted by Crippen LogP contribution is -2.23. The van der Waals surface area contributed by atoms with Gasteiger partial charge in [-0.1, -0.05) is 54.5 Å². The van der Waals surface area contributed by atoms with Crippen LogP contribution in [0.3, 0.4) is 0 Å². The summed E-state index contributed by atoms with van der Waals surface area (Å²) in [6.07, 6.45) is 1.90. The zero-order valence-electron chi connectivity index (χ0n) is 15.6. The molecule has 0 fully saturated rings. The molecule has 0 saturated heterocycles. The second kappa shape index (κ2) is 9.45. The van der Waals surface area contributed by atoms with Gasteiger partial charge in [0.15, 0.2) is 0 Å². The van der Waals surface area contributed by atoms with Crippen LogP contribution in [-0.4, -0.2) is 24.5 Å². The highest BCUT2D eigenvalue weighted by Crippen LogP contribution is 2.18. The van der Waals surface area contributed by atoms with Crippen LogP contribution in [0.1, 0.15) is 33.7 Å². The molecule has 1 amide bonds. The number of rotatable bonds is 8. The van der Waals surface area contributed by atoms with Gasteiger partial charge in [-0.3, -0.25) is 4.79 Å². The number of benzene rings is 2. The predicted octanol–water partition coefficient (Wildman–Crippen LogP) is 3.87. The average Bonchev–Trinajstić information content (AvgIpc) is 3.17. The van der Waals surface area contributed by atoms with Gasteiger partial charge < -0.3 is 5.32 Å². The van der Waals surface area contributed by atoms with Crippen molar-refractivity contribution in [3.8, 4) is 0 Å². The lowest BCUT2D eigenvalue weighted by molar-refractivity contribution is 0.102. The number of anilines is 1. The molecule has 29 heavy (non-hydrogen) atoms. The Morgan fingerprint density at radius 2 is 1.90 bits per heavy atom. The molecule has 0 aliphatic rings. The van der Waals surface area contributed by atoms with Crippen molar-refractivity contribution in [1.29, 1.82) is 0 Å². The summed E-state index contributed by atoms with van der Waals surface area (Å²) < 4.78 is 27.4. The molecule has 7 nitrogen and oxygen atoms in total. The van der Waals surface area contributed by atoms with Gasteiger partial charge >= 0.3 is 0 Å². The van der Waals surface area contributed by atoms with Crippen LogP contribution in [0.4, 0.5) is 5.69 Å². The number of carbonyl (C=O) groups is 1. The van der Waals surface area contributed by atoms with Gasteiger partial charge in [0.25, 0.3) is 5.91 Å². The summed E-state index contributed by atoms with van der Waals surface area (Å²) in [6, 6.07) is 13.5. The summed E-state index contributed by atoms with van der Waals surface area (Å²) in [5, 5.41) is 11.4. The molecule has 0 spiro atoms. The Hall–Kier alpha value is -2.33. The molecule has 0 bridgehead atoms. The number of hydrogen-bond donors (Lipinski definition) is 2. The van der Waals surface area contributed by atoms with Gasteiger partial charge in [-0.2, -0.15) is 0 Å². The van der Waals surface area contributed by atoms with Crippen LogP contribution in [0.25, 0.3) is 0 Å². The topological polar surface area (TPSA) is 101 Å². The lowest BCUT2D eigenvalue weighted by atomic mass is 10.1. The number of halogens is 1. The van der Waals surface area contributed by atoms with Crippen LogP contribution in [-0.2, 0) is 23.0 Å². The van der Waals surface area contributed by atoms with Crippen LogP contribution in [0.2, 0.25) is 5.02 Å². The van der Waals surface area contributed by atoms with Crippen LogP contribution >= 0.6 is 22.9 Å². The van der Waals surface area contributed by atoms with Gasteiger partial charge in [0, 0.05) is 10.7 Å². The van der Waals surface area contributed by atoms with Gasteiger partial charge in [-0.25, -0.2) is 13.1 Å². The highest BCUT2D eigenvalue weighted by Gasteiger charge is 2.17. The van der Waals surface area contributed by atoms with Crippen molar-refractivity contribution in [2.24, 2.45) is 0 Å². The van der Waals surface area contributed by atoms with Crippen molar-refractivity contribution in [1.82, 2.24) is 14.9 Å². The van der Waals surface area contributed by atoms with E-state index in [4.69, 9.17) is 11.6 Å². The van der Waals surface area contributed by atoms with E-state index in [2.05, 4.69) is 27.2 Å². The summed E-state index contributed by atoms with van der Waals surface area (Å²) in [5.41, 5.74) is 1.62. The van der Waals surface area contributed by atoms with Crippen LogP contribution in [0, 0.1) is 0 Å². The summed E-state index contributed by atoms with van der Waals surface area (Å²) in [7, 11) is -3.68. The Bertz CT molecular complexity index is 1100. The Morgan fingerprint density at radius 1 is 1.14 bits per heavy atom. The fraction of sp³-hybridized carbons (Fsp3) is 0.211. The third kappa shape index (κ3) is 5.83.